The Morgan fingerprint density at radius 1 is 1.67 bits per heavy atom. The summed E-state index contributed by atoms with van der Waals surface area (Å²) in [7, 11) is -3.60. The second-order valence-corrected chi connectivity index (χ2v) is 5.29. The van der Waals surface area contributed by atoms with E-state index in [1.54, 1.807) is 13.8 Å². The van der Waals surface area contributed by atoms with E-state index in [0.29, 0.717) is 6.42 Å². The zero-order chi connectivity index (χ0) is 11.5. The Morgan fingerprint density at radius 3 is 2.73 bits per heavy atom. The van der Waals surface area contributed by atoms with E-state index in [9.17, 15) is 8.42 Å². The summed E-state index contributed by atoms with van der Waals surface area (Å²) in [5, 5.41) is 15.1. The summed E-state index contributed by atoms with van der Waals surface area (Å²) in [6, 6.07) is 0. The third-order valence-electron chi connectivity index (χ3n) is 2.29. The summed E-state index contributed by atoms with van der Waals surface area (Å²) in [6.07, 6.45) is 3.01. The monoisotopic (exact) mass is 233 g/mol. The number of aromatic amines is 1. The Bertz CT molecular complexity index is 395. The molecule has 0 aromatic carbocycles. The Morgan fingerprint density at radius 2 is 2.33 bits per heavy atom. The molecule has 86 valence electrons. The summed E-state index contributed by atoms with van der Waals surface area (Å²) in [5.41, 5.74) is -0.837. The average molecular weight is 233 g/mol. The predicted molar refractivity (Wildman–Crippen MR) is 54.7 cm³/mol. The summed E-state index contributed by atoms with van der Waals surface area (Å²) in [5.74, 6) is 0. The van der Waals surface area contributed by atoms with Crippen LogP contribution in [0.5, 0.6) is 0 Å². The molecule has 1 aromatic heterocycles. The second kappa shape index (κ2) is 4.30. The highest BCUT2D eigenvalue weighted by atomic mass is 32.2. The Kier molecular flexibility index (Phi) is 3.48. The van der Waals surface area contributed by atoms with Crippen LogP contribution in [0.1, 0.15) is 20.3 Å². The molecule has 1 heterocycles. The number of aromatic nitrogens is 2. The van der Waals surface area contributed by atoms with E-state index in [1.165, 1.54) is 12.4 Å². The van der Waals surface area contributed by atoms with Crippen molar-refractivity contribution in [3.05, 3.63) is 12.4 Å². The van der Waals surface area contributed by atoms with Gasteiger partial charge in [-0.25, -0.2) is 13.1 Å². The van der Waals surface area contributed by atoms with Crippen LogP contribution in [0.15, 0.2) is 17.3 Å². The third kappa shape index (κ3) is 2.77. The van der Waals surface area contributed by atoms with Crippen molar-refractivity contribution < 1.29 is 13.5 Å². The number of H-pyrrole nitrogens is 1. The molecule has 7 heteroatoms. The molecule has 3 N–H and O–H groups in total. The smallest absolute Gasteiger partial charge is 0.244 e. The van der Waals surface area contributed by atoms with E-state index in [0.717, 1.165) is 0 Å². The van der Waals surface area contributed by atoms with Gasteiger partial charge in [-0.15, -0.1) is 0 Å². The highest BCUT2D eigenvalue weighted by Crippen LogP contribution is 2.14. The fraction of sp³-hybridized carbons (Fsp3) is 0.625. The SMILES string of the molecule is CCC(C)(CO)NS(=O)(=O)c1cn[nH]c1. The third-order valence-corrected chi connectivity index (χ3v) is 3.90. The number of rotatable bonds is 5. The maximum absolute atomic E-state index is 11.7. The molecular formula is C8H15N3O3S. The lowest BCUT2D eigenvalue weighted by Gasteiger charge is -2.26. The van der Waals surface area contributed by atoms with Crippen molar-refractivity contribution in [3.63, 3.8) is 0 Å². The molecular weight excluding hydrogens is 218 g/mol. The average Bonchev–Trinajstić information content (AvgIpc) is 2.70. The standard InChI is InChI=1S/C8H15N3O3S/c1-3-8(2,6-12)11-15(13,14)7-4-9-10-5-7/h4-5,11-12H,3,6H2,1-2H3,(H,9,10). The number of aliphatic hydroxyl groups excluding tert-OH is 1. The van der Waals surface area contributed by atoms with Crippen LogP contribution < -0.4 is 4.72 Å². The molecule has 0 saturated heterocycles. The largest absolute Gasteiger partial charge is 0.394 e. The molecule has 0 aliphatic carbocycles. The fourth-order valence-electron chi connectivity index (χ4n) is 0.986. The van der Waals surface area contributed by atoms with Crippen LogP contribution in [0.4, 0.5) is 0 Å². The lowest BCUT2D eigenvalue weighted by Crippen LogP contribution is -2.48. The van der Waals surface area contributed by atoms with Crippen molar-refractivity contribution in [2.24, 2.45) is 0 Å². The van der Waals surface area contributed by atoms with Gasteiger partial charge in [-0.3, -0.25) is 5.10 Å². The van der Waals surface area contributed by atoms with Crippen LogP contribution in [0.25, 0.3) is 0 Å². The topological polar surface area (TPSA) is 95.1 Å². The minimum Gasteiger partial charge on any atom is -0.394 e. The molecule has 0 amide bonds. The molecule has 0 radical (unpaired) electrons. The van der Waals surface area contributed by atoms with Gasteiger partial charge in [0.15, 0.2) is 0 Å². The maximum atomic E-state index is 11.7. The summed E-state index contributed by atoms with van der Waals surface area (Å²) < 4.78 is 25.9. The number of aliphatic hydroxyl groups is 1. The van der Waals surface area contributed by atoms with Crippen molar-refractivity contribution in [2.45, 2.75) is 30.7 Å². The lowest BCUT2D eigenvalue weighted by molar-refractivity contribution is 0.191. The van der Waals surface area contributed by atoms with Gasteiger partial charge in [0.05, 0.1) is 18.3 Å². The fourth-order valence-corrected chi connectivity index (χ4v) is 2.36. The maximum Gasteiger partial charge on any atom is 0.244 e. The van der Waals surface area contributed by atoms with E-state index < -0.39 is 15.6 Å². The lowest BCUT2D eigenvalue weighted by atomic mass is 10.0. The van der Waals surface area contributed by atoms with E-state index in [4.69, 9.17) is 5.11 Å². The summed E-state index contributed by atoms with van der Waals surface area (Å²) in [6.45, 7) is 3.19. The molecule has 1 atom stereocenters. The molecule has 15 heavy (non-hydrogen) atoms. The van der Waals surface area contributed by atoms with Gasteiger partial charge >= 0.3 is 0 Å². The van der Waals surface area contributed by atoms with Crippen LogP contribution in [-0.4, -0.2) is 35.9 Å². The normalized spacial score (nSPS) is 16.2. The first-order chi connectivity index (χ1) is 6.93. The molecule has 0 saturated carbocycles. The van der Waals surface area contributed by atoms with Gasteiger partial charge in [0.1, 0.15) is 4.90 Å². The number of hydrogen-bond acceptors (Lipinski definition) is 4. The van der Waals surface area contributed by atoms with Crippen molar-refractivity contribution in [1.82, 2.24) is 14.9 Å². The first kappa shape index (κ1) is 12.2. The zero-order valence-corrected chi connectivity index (χ0v) is 9.50. The van der Waals surface area contributed by atoms with Gasteiger partial charge in [0.2, 0.25) is 10.0 Å². The molecule has 6 nitrogen and oxygen atoms in total. The highest BCUT2D eigenvalue weighted by molar-refractivity contribution is 7.89. The first-order valence-corrected chi connectivity index (χ1v) is 6.05. The number of hydrogen-bond donors (Lipinski definition) is 3. The number of nitrogens with zero attached hydrogens (tertiary/aromatic N) is 1. The second-order valence-electron chi connectivity index (χ2n) is 3.61. The summed E-state index contributed by atoms with van der Waals surface area (Å²) in [4.78, 5) is 0.0654. The van der Waals surface area contributed by atoms with Crippen molar-refractivity contribution in [3.8, 4) is 0 Å². The zero-order valence-electron chi connectivity index (χ0n) is 8.69. The van der Waals surface area contributed by atoms with Crippen LogP contribution in [0.3, 0.4) is 0 Å². The molecule has 0 fully saturated rings. The van der Waals surface area contributed by atoms with E-state index in [-0.39, 0.29) is 11.5 Å². The quantitative estimate of drug-likeness (QED) is 0.659. The minimum atomic E-state index is -3.60. The van der Waals surface area contributed by atoms with Crippen molar-refractivity contribution in [2.75, 3.05) is 6.61 Å². The molecule has 0 aliphatic rings. The Labute approximate surface area is 88.8 Å². The Balaban J connectivity index is 2.91. The molecule has 0 bridgehead atoms. The van der Waals surface area contributed by atoms with Gasteiger partial charge in [-0.05, 0) is 13.3 Å². The highest BCUT2D eigenvalue weighted by Gasteiger charge is 2.28. The van der Waals surface area contributed by atoms with Crippen LogP contribution >= 0.6 is 0 Å². The summed E-state index contributed by atoms with van der Waals surface area (Å²) >= 11 is 0. The first-order valence-electron chi connectivity index (χ1n) is 4.57. The molecule has 1 aromatic rings. The van der Waals surface area contributed by atoms with Crippen LogP contribution in [0, 0.1) is 0 Å². The van der Waals surface area contributed by atoms with E-state index >= 15 is 0 Å². The predicted octanol–water partition coefficient (Wildman–Crippen LogP) is -0.151. The van der Waals surface area contributed by atoms with Crippen LogP contribution in [0.2, 0.25) is 0 Å². The molecule has 1 rings (SSSR count). The van der Waals surface area contributed by atoms with Gasteiger partial charge in [-0.2, -0.15) is 5.10 Å². The molecule has 1 unspecified atom stereocenters. The van der Waals surface area contributed by atoms with Gasteiger partial charge in [0.25, 0.3) is 0 Å². The number of nitrogens with one attached hydrogen (secondary N) is 2. The van der Waals surface area contributed by atoms with E-state index in [2.05, 4.69) is 14.9 Å². The van der Waals surface area contributed by atoms with E-state index in [1.807, 2.05) is 0 Å². The minimum absolute atomic E-state index is 0.0654. The van der Waals surface area contributed by atoms with Crippen molar-refractivity contribution in [1.29, 1.82) is 0 Å². The van der Waals surface area contributed by atoms with Gasteiger partial charge in [0, 0.05) is 6.20 Å². The molecule has 0 spiro atoms. The van der Waals surface area contributed by atoms with Crippen molar-refractivity contribution >= 4 is 10.0 Å². The molecule has 0 aliphatic heterocycles. The van der Waals surface area contributed by atoms with Crippen LogP contribution in [-0.2, 0) is 10.0 Å². The van der Waals surface area contributed by atoms with Gasteiger partial charge < -0.3 is 5.11 Å². The van der Waals surface area contributed by atoms with Gasteiger partial charge in [-0.1, -0.05) is 6.92 Å². The Hall–Kier alpha value is -0.920. The number of sulfonamides is 1.